The van der Waals surface area contributed by atoms with Gasteiger partial charge in [-0.2, -0.15) is 0 Å². The number of hydrogen-bond acceptors (Lipinski definition) is 2. The van der Waals surface area contributed by atoms with E-state index in [0.29, 0.717) is 11.6 Å². The minimum atomic E-state index is 0.374. The molecule has 0 aromatic rings. The average Bonchev–Trinajstić information content (AvgIpc) is 2.08. The van der Waals surface area contributed by atoms with Crippen LogP contribution in [0.4, 0.5) is 0 Å². The fourth-order valence-electron chi connectivity index (χ4n) is 2.20. The van der Waals surface area contributed by atoms with Crippen molar-refractivity contribution in [3.63, 3.8) is 0 Å². The molecule has 1 aliphatic carbocycles. The molecule has 0 aromatic carbocycles. The molecule has 0 bridgehead atoms. The van der Waals surface area contributed by atoms with Crippen molar-refractivity contribution in [3.05, 3.63) is 0 Å². The van der Waals surface area contributed by atoms with Gasteiger partial charge in [-0.25, -0.2) is 0 Å². The lowest BCUT2D eigenvalue weighted by Gasteiger charge is -2.42. The first-order valence-electron chi connectivity index (χ1n) is 6.19. The summed E-state index contributed by atoms with van der Waals surface area (Å²) in [4.78, 5) is 0. The molecule has 1 rings (SSSR count). The van der Waals surface area contributed by atoms with Gasteiger partial charge in [0.2, 0.25) is 0 Å². The second-order valence-corrected chi connectivity index (χ2v) is 4.89. The number of hydrogen-bond donors (Lipinski definition) is 2. The summed E-state index contributed by atoms with van der Waals surface area (Å²) in [5.41, 5.74) is 6.23. The second kappa shape index (κ2) is 5.72. The van der Waals surface area contributed by atoms with Crippen LogP contribution in [0, 0.1) is 0 Å². The van der Waals surface area contributed by atoms with Gasteiger partial charge < -0.3 is 11.1 Å². The summed E-state index contributed by atoms with van der Waals surface area (Å²) in [7, 11) is 0. The summed E-state index contributed by atoms with van der Waals surface area (Å²) >= 11 is 0. The summed E-state index contributed by atoms with van der Waals surface area (Å²) in [5.74, 6) is 0. The smallest absolute Gasteiger partial charge is 0.0178 e. The molecule has 1 saturated carbocycles. The quantitative estimate of drug-likeness (QED) is 0.617. The molecule has 3 N–H and O–H groups in total. The molecular weight excluding hydrogens is 172 g/mol. The predicted molar refractivity (Wildman–Crippen MR) is 62.4 cm³/mol. The topological polar surface area (TPSA) is 38.0 Å². The maximum atomic E-state index is 5.70. The Hall–Kier alpha value is -0.0800. The van der Waals surface area contributed by atoms with Crippen LogP contribution in [0.3, 0.4) is 0 Å². The zero-order chi connectivity index (χ0) is 10.4. The fourth-order valence-corrected chi connectivity index (χ4v) is 2.20. The second-order valence-electron chi connectivity index (χ2n) is 4.89. The first-order chi connectivity index (χ1) is 6.68. The lowest BCUT2D eigenvalue weighted by atomic mass is 9.75. The Morgan fingerprint density at radius 2 is 2.07 bits per heavy atom. The fraction of sp³-hybridized carbons (Fsp3) is 1.00. The molecule has 84 valence electrons. The van der Waals surface area contributed by atoms with Crippen LogP contribution in [0.5, 0.6) is 0 Å². The highest BCUT2D eigenvalue weighted by molar-refractivity contribution is 4.94. The molecule has 1 fully saturated rings. The van der Waals surface area contributed by atoms with E-state index in [-0.39, 0.29) is 0 Å². The zero-order valence-electron chi connectivity index (χ0n) is 9.81. The SMILES string of the molecule is CCC1(NCCCCC(C)N)CCC1. The van der Waals surface area contributed by atoms with Crippen molar-refractivity contribution in [2.45, 2.75) is 70.4 Å². The Bertz CT molecular complexity index is 145. The molecule has 1 unspecified atom stereocenters. The molecule has 0 radical (unpaired) electrons. The van der Waals surface area contributed by atoms with E-state index in [1.807, 2.05) is 0 Å². The van der Waals surface area contributed by atoms with Crippen molar-refractivity contribution < 1.29 is 0 Å². The Labute approximate surface area is 88.6 Å². The van der Waals surface area contributed by atoms with Crippen molar-refractivity contribution in [1.29, 1.82) is 0 Å². The third-order valence-corrected chi connectivity index (χ3v) is 3.57. The van der Waals surface area contributed by atoms with E-state index in [1.165, 1.54) is 51.5 Å². The summed E-state index contributed by atoms with van der Waals surface area (Å²) < 4.78 is 0. The molecule has 0 spiro atoms. The van der Waals surface area contributed by atoms with Gasteiger partial charge in [-0.15, -0.1) is 0 Å². The van der Waals surface area contributed by atoms with Crippen LogP contribution >= 0.6 is 0 Å². The van der Waals surface area contributed by atoms with E-state index in [2.05, 4.69) is 19.2 Å². The van der Waals surface area contributed by atoms with Crippen LogP contribution in [0.25, 0.3) is 0 Å². The molecule has 2 nitrogen and oxygen atoms in total. The van der Waals surface area contributed by atoms with Crippen LogP contribution in [-0.4, -0.2) is 18.1 Å². The molecule has 0 heterocycles. The van der Waals surface area contributed by atoms with Crippen molar-refractivity contribution >= 4 is 0 Å². The van der Waals surface area contributed by atoms with Gasteiger partial charge in [0, 0.05) is 11.6 Å². The van der Waals surface area contributed by atoms with Gasteiger partial charge in [0.1, 0.15) is 0 Å². The molecule has 1 aliphatic rings. The summed E-state index contributed by atoms with van der Waals surface area (Å²) in [6.07, 6.45) is 9.20. The average molecular weight is 198 g/mol. The van der Waals surface area contributed by atoms with Crippen molar-refractivity contribution in [3.8, 4) is 0 Å². The van der Waals surface area contributed by atoms with Crippen LogP contribution in [0.15, 0.2) is 0 Å². The molecule has 0 aromatic heterocycles. The first-order valence-corrected chi connectivity index (χ1v) is 6.19. The minimum Gasteiger partial charge on any atom is -0.328 e. The van der Waals surface area contributed by atoms with Gasteiger partial charge in [0.25, 0.3) is 0 Å². The Morgan fingerprint density at radius 1 is 1.36 bits per heavy atom. The first kappa shape index (κ1) is 12.0. The van der Waals surface area contributed by atoms with Crippen molar-refractivity contribution in [1.82, 2.24) is 5.32 Å². The van der Waals surface area contributed by atoms with Gasteiger partial charge in [-0.3, -0.25) is 0 Å². The highest BCUT2D eigenvalue weighted by atomic mass is 15.0. The molecule has 1 atom stereocenters. The van der Waals surface area contributed by atoms with Crippen LogP contribution < -0.4 is 11.1 Å². The third-order valence-electron chi connectivity index (χ3n) is 3.57. The van der Waals surface area contributed by atoms with Gasteiger partial charge in [0.05, 0.1) is 0 Å². The van der Waals surface area contributed by atoms with E-state index in [9.17, 15) is 0 Å². The van der Waals surface area contributed by atoms with Crippen LogP contribution in [0.1, 0.15) is 58.8 Å². The van der Waals surface area contributed by atoms with Gasteiger partial charge in [0.15, 0.2) is 0 Å². The van der Waals surface area contributed by atoms with Crippen molar-refractivity contribution in [2.24, 2.45) is 5.73 Å². The molecular formula is C12H26N2. The lowest BCUT2D eigenvalue weighted by Crippen LogP contribution is -2.50. The number of rotatable bonds is 7. The normalized spacial score (nSPS) is 21.6. The van der Waals surface area contributed by atoms with Gasteiger partial charge >= 0.3 is 0 Å². The van der Waals surface area contributed by atoms with E-state index in [4.69, 9.17) is 5.73 Å². The predicted octanol–water partition coefficient (Wildman–Crippen LogP) is 2.43. The molecule has 0 aliphatic heterocycles. The Balaban J connectivity index is 1.97. The Kier molecular flexibility index (Phi) is 4.90. The van der Waals surface area contributed by atoms with E-state index < -0.39 is 0 Å². The van der Waals surface area contributed by atoms with E-state index in [0.717, 1.165) is 0 Å². The summed E-state index contributed by atoms with van der Waals surface area (Å²) in [5, 5.41) is 3.72. The largest absolute Gasteiger partial charge is 0.328 e. The monoisotopic (exact) mass is 198 g/mol. The highest BCUT2D eigenvalue weighted by Crippen LogP contribution is 2.34. The standard InChI is InChI=1S/C12H26N2/c1-3-12(8-6-9-12)14-10-5-4-7-11(2)13/h11,14H,3-10,13H2,1-2H3. The maximum Gasteiger partial charge on any atom is 0.0178 e. The highest BCUT2D eigenvalue weighted by Gasteiger charge is 2.33. The van der Waals surface area contributed by atoms with Crippen LogP contribution in [0.2, 0.25) is 0 Å². The minimum absolute atomic E-state index is 0.374. The third kappa shape index (κ3) is 3.58. The summed E-state index contributed by atoms with van der Waals surface area (Å²) in [6.45, 7) is 5.57. The van der Waals surface area contributed by atoms with E-state index in [1.54, 1.807) is 0 Å². The zero-order valence-corrected chi connectivity index (χ0v) is 9.81. The number of nitrogens with two attached hydrogens (primary N) is 1. The molecule has 2 heteroatoms. The maximum absolute atomic E-state index is 5.70. The van der Waals surface area contributed by atoms with Crippen LogP contribution in [-0.2, 0) is 0 Å². The lowest BCUT2D eigenvalue weighted by molar-refractivity contribution is 0.177. The molecule has 14 heavy (non-hydrogen) atoms. The van der Waals surface area contributed by atoms with E-state index >= 15 is 0 Å². The number of unbranched alkanes of at least 4 members (excludes halogenated alkanes) is 1. The number of nitrogens with one attached hydrogen (secondary N) is 1. The van der Waals surface area contributed by atoms with Gasteiger partial charge in [-0.05, 0) is 52.0 Å². The summed E-state index contributed by atoms with van der Waals surface area (Å²) in [6, 6.07) is 0.374. The van der Waals surface area contributed by atoms with Crippen molar-refractivity contribution in [2.75, 3.05) is 6.54 Å². The molecule has 0 amide bonds. The molecule has 0 saturated heterocycles. The Morgan fingerprint density at radius 3 is 2.50 bits per heavy atom. The van der Waals surface area contributed by atoms with Gasteiger partial charge in [-0.1, -0.05) is 13.3 Å².